The fraction of sp³-hybridized carbons (Fsp3) is 0.550. The van der Waals surface area contributed by atoms with Crippen LogP contribution in [0.2, 0.25) is 0 Å². The second-order valence-electron chi connectivity index (χ2n) is 7.71. The van der Waals surface area contributed by atoms with Crippen molar-refractivity contribution in [2.45, 2.75) is 51.6 Å². The first-order valence-electron chi connectivity index (χ1n) is 9.35. The highest BCUT2D eigenvalue weighted by Gasteiger charge is 2.42. The third-order valence-electron chi connectivity index (χ3n) is 6.13. The summed E-state index contributed by atoms with van der Waals surface area (Å²) in [5.41, 5.74) is 0.609. The average molecular weight is 339 g/mol. The summed E-state index contributed by atoms with van der Waals surface area (Å²) in [4.78, 5) is 29.1. The highest BCUT2D eigenvalue weighted by molar-refractivity contribution is 5.77. The number of carbonyl (C=O) groups excluding carboxylic acids is 1. The summed E-state index contributed by atoms with van der Waals surface area (Å²) in [6, 6.07) is 7.53. The van der Waals surface area contributed by atoms with Crippen molar-refractivity contribution in [3.63, 3.8) is 0 Å². The van der Waals surface area contributed by atoms with E-state index < -0.39 is 0 Å². The van der Waals surface area contributed by atoms with Crippen LogP contribution in [-0.2, 0) is 11.3 Å². The molecule has 0 aliphatic heterocycles. The Bertz CT molecular complexity index is 844. The Hall–Kier alpha value is -2.17. The number of fused-ring (bicyclic) bond motifs is 3. The molecule has 0 saturated heterocycles. The van der Waals surface area contributed by atoms with Crippen molar-refractivity contribution in [1.29, 1.82) is 0 Å². The van der Waals surface area contributed by atoms with E-state index in [1.165, 1.54) is 36.6 Å². The minimum absolute atomic E-state index is 0.0235. The summed E-state index contributed by atoms with van der Waals surface area (Å²) in [6.45, 7) is 2.50. The Balaban J connectivity index is 1.36. The van der Waals surface area contributed by atoms with Gasteiger partial charge in [-0.05, 0) is 56.1 Å². The molecular weight excluding hydrogens is 314 g/mol. The lowest BCUT2D eigenvalue weighted by atomic mass is 9.84. The van der Waals surface area contributed by atoms with E-state index in [1.54, 1.807) is 6.07 Å². The van der Waals surface area contributed by atoms with Gasteiger partial charge in [-0.15, -0.1) is 0 Å². The van der Waals surface area contributed by atoms with Gasteiger partial charge in [0.05, 0.1) is 17.2 Å². The second-order valence-corrected chi connectivity index (χ2v) is 7.71. The lowest BCUT2D eigenvalue weighted by Gasteiger charge is -2.28. The molecule has 2 aliphatic carbocycles. The van der Waals surface area contributed by atoms with Crippen molar-refractivity contribution >= 4 is 16.8 Å². The largest absolute Gasteiger partial charge is 0.353 e. The number of para-hydroxylation sites is 1. The van der Waals surface area contributed by atoms with Gasteiger partial charge in [-0.1, -0.05) is 18.6 Å². The molecule has 5 nitrogen and oxygen atoms in total. The van der Waals surface area contributed by atoms with Crippen molar-refractivity contribution in [2.24, 2.45) is 17.8 Å². The Morgan fingerprint density at radius 2 is 2.16 bits per heavy atom. The van der Waals surface area contributed by atoms with E-state index in [-0.39, 0.29) is 17.5 Å². The van der Waals surface area contributed by atoms with Gasteiger partial charge >= 0.3 is 0 Å². The van der Waals surface area contributed by atoms with Crippen molar-refractivity contribution in [3.8, 4) is 0 Å². The number of aryl methyl sites for hydroxylation is 1. The van der Waals surface area contributed by atoms with Gasteiger partial charge < -0.3 is 5.32 Å². The van der Waals surface area contributed by atoms with Gasteiger partial charge in [-0.3, -0.25) is 14.2 Å². The molecule has 2 saturated carbocycles. The minimum Gasteiger partial charge on any atom is -0.353 e. The van der Waals surface area contributed by atoms with Gasteiger partial charge in [0.25, 0.3) is 5.56 Å². The molecule has 0 unspecified atom stereocenters. The Kier molecular flexibility index (Phi) is 4.32. The van der Waals surface area contributed by atoms with Crippen LogP contribution in [0.25, 0.3) is 10.9 Å². The SMILES string of the molecule is C[C@@H](NC(=O)CCn1cnc2ccccc2c1=O)[C@@H]1C[C@H]2CC[C@H]1C2. The second kappa shape index (κ2) is 6.62. The monoisotopic (exact) mass is 339 g/mol. The van der Waals surface area contributed by atoms with E-state index in [2.05, 4.69) is 17.2 Å². The maximum Gasteiger partial charge on any atom is 0.261 e. The van der Waals surface area contributed by atoms with Crippen LogP contribution in [0, 0.1) is 17.8 Å². The van der Waals surface area contributed by atoms with Crippen LogP contribution in [0.4, 0.5) is 0 Å². The molecule has 132 valence electrons. The standard InChI is InChI=1S/C20H25N3O2/c1-13(17-11-14-6-7-15(17)10-14)22-19(24)8-9-23-12-21-18-5-3-2-4-16(18)20(23)25/h2-5,12-15,17H,6-11H2,1H3,(H,22,24)/t13-,14+,15+,17+/m1/s1. The lowest BCUT2D eigenvalue weighted by molar-refractivity contribution is -0.122. The van der Waals surface area contributed by atoms with Gasteiger partial charge in [0.2, 0.25) is 5.91 Å². The zero-order valence-corrected chi connectivity index (χ0v) is 14.6. The van der Waals surface area contributed by atoms with Crippen LogP contribution in [0.1, 0.15) is 39.0 Å². The highest BCUT2D eigenvalue weighted by atomic mass is 16.2. The summed E-state index contributed by atoms with van der Waals surface area (Å²) in [7, 11) is 0. The van der Waals surface area contributed by atoms with Crippen LogP contribution < -0.4 is 10.9 Å². The van der Waals surface area contributed by atoms with Crippen LogP contribution in [0.5, 0.6) is 0 Å². The Morgan fingerprint density at radius 3 is 2.92 bits per heavy atom. The summed E-state index contributed by atoms with van der Waals surface area (Å²) in [5.74, 6) is 2.34. The summed E-state index contributed by atoms with van der Waals surface area (Å²) in [5, 5.41) is 3.76. The van der Waals surface area contributed by atoms with Gasteiger partial charge in [0, 0.05) is 19.0 Å². The van der Waals surface area contributed by atoms with E-state index in [9.17, 15) is 9.59 Å². The third-order valence-corrected chi connectivity index (χ3v) is 6.13. The maximum absolute atomic E-state index is 12.5. The van der Waals surface area contributed by atoms with Crippen molar-refractivity contribution < 1.29 is 4.79 Å². The zero-order valence-electron chi connectivity index (χ0n) is 14.6. The summed E-state index contributed by atoms with van der Waals surface area (Å²) < 4.78 is 1.53. The topological polar surface area (TPSA) is 64.0 Å². The van der Waals surface area contributed by atoms with Gasteiger partial charge in [0.15, 0.2) is 0 Å². The predicted octanol–water partition coefficient (Wildman–Crippen LogP) is 2.73. The molecular formula is C20H25N3O2. The van der Waals surface area contributed by atoms with E-state index in [0.29, 0.717) is 29.8 Å². The number of rotatable bonds is 5. The van der Waals surface area contributed by atoms with Crippen LogP contribution in [0.3, 0.4) is 0 Å². The molecule has 2 bridgehead atoms. The number of aromatic nitrogens is 2. The quantitative estimate of drug-likeness (QED) is 0.911. The summed E-state index contributed by atoms with van der Waals surface area (Å²) in [6.07, 6.45) is 7.17. The van der Waals surface area contributed by atoms with Crippen molar-refractivity contribution in [3.05, 3.63) is 40.9 Å². The van der Waals surface area contributed by atoms with E-state index in [1.807, 2.05) is 18.2 Å². The lowest BCUT2D eigenvalue weighted by Crippen LogP contribution is -2.40. The van der Waals surface area contributed by atoms with Gasteiger partial charge in [-0.2, -0.15) is 0 Å². The average Bonchev–Trinajstić information content (AvgIpc) is 3.25. The molecule has 0 radical (unpaired) electrons. The first-order valence-corrected chi connectivity index (χ1v) is 9.35. The number of carbonyl (C=O) groups is 1. The van der Waals surface area contributed by atoms with Gasteiger partial charge in [-0.25, -0.2) is 4.98 Å². The molecule has 2 fully saturated rings. The fourth-order valence-electron chi connectivity index (χ4n) is 4.83. The smallest absolute Gasteiger partial charge is 0.261 e. The Morgan fingerprint density at radius 1 is 1.32 bits per heavy atom. The number of hydrogen-bond acceptors (Lipinski definition) is 3. The summed E-state index contributed by atoms with van der Waals surface area (Å²) >= 11 is 0. The first kappa shape index (κ1) is 16.3. The van der Waals surface area contributed by atoms with Crippen LogP contribution in [-0.4, -0.2) is 21.5 Å². The molecule has 1 aromatic carbocycles. The molecule has 0 spiro atoms. The minimum atomic E-state index is -0.0837. The van der Waals surface area contributed by atoms with Gasteiger partial charge in [0.1, 0.15) is 0 Å². The molecule has 1 heterocycles. The normalized spacial score (nSPS) is 26.0. The van der Waals surface area contributed by atoms with Crippen LogP contribution >= 0.6 is 0 Å². The molecule has 25 heavy (non-hydrogen) atoms. The first-order chi connectivity index (χ1) is 12.1. The highest BCUT2D eigenvalue weighted by Crippen LogP contribution is 2.49. The number of nitrogens with zero attached hydrogens (tertiary/aromatic N) is 2. The molecule has 5 heteroatoms. The molecule has 4 rings (SSSR count). The number of nitrogens with one attached hydrogen (secondary N) is 1. The van der Waals surface area contributed by atoms with Crippen LogP contribution in [0.15, 0.2) is 35.4 Å². The molecule has 1 amide bonds. The zero-order chi connectivity index (χ0) is 17.4. The van der Waals surface area contributed by atoms with E-state index in [4.69, 9.17) is 0 Å². The number of hydrogen-bond donors (Lipinski definition) is 1. The molecule has 2 aliphatic rings. The van der Waals surface area contributed by atoms with E-state index in [0.717, 1.165) is 11.8 Å². The molecule has 1 N–H and O–H groups in total. The maximum atomic E-state index is 12.5. The third kappa shape index (κ3) is 3.20. The molecule has 4 atom stereocenters. The van der Waals surface area contributed by atoms with E-state index >= 15 is 0 Å². The molecule has 2 aromatic rings. The van der Waals surface area contributed by atoms with Crippen molar-refractivity contribution in [1.82, 2.24) is 14.9 Å². The number of benzene rings is 1. The fourth-order valence-corrected chi connectivity index (χ4v) is 4.83. The molecule has 1 aromatic heterocycles. The van der Waals surface area contributed by atoms with Crippen molar-refractivity contribution in [2.75, 3.05) is 0 Å². The Labute approximate surface area is 147 Å². The number of amides is 1. The predicted molar refractivity (Wildman–Crippen MR) is 97.2 cm³/mol.